The van der Waals surface area contributed by atoms with Gasteiger partial charge >= 0.3 is 0 Å². The topological polar surface area (TPSA) is 63.6 Å². The number of rotatable bonds is 2. The smallest absolute Gasteiger partial charge is 0.226 e. The molecule has 1 aliphatic carbocycles. The molecule has 2 aliphatic rings. The normalized spacial score (nSPS) is 16.9. The molecule has 0 unspecified atom stereocenters. The van der Waals surface area contributed by atoms with Crippen LogP contribution >= 0.6 is 0 Å². The minimum absolute atomic E-state index is 0.272. The van der Waals surface area contributed by atoms with Gasteiger partial charge in [-0.15, -0.1) is 0 Å². The molecule has 0 radical (unpaired) electrons. The van der Waals surface area contributed by atoms with E-state index in [4.69, 9.17) is 10.7 Å². The van der Waals surface area contributed by atoms with Crippen LogP contribution in [0.25, 0.3) is 16.8 Å². The maximum Gasteiger partial charge on any atom is 0.226 e. The molecule has 1 fully saturated rings. The highest BCUT2D eigenvalue weighted by Gasteiger charge is 2.35. The molecule has 5 heteroatoms. The van der Waals surface area contributed by atoms with Gasteiger partial charge in [-0.2, -0.15) is 0 Å². The van der Waals surface area contributed by atoms with E-state index in [0.29, 0.717) is 12.5 Å². The molecule has 5 rings (SSSR count). The highest BCUT2D eigenvalue weighted by molar-refractivity contribution is 5.81. The molecule has 0 bridgehead atoms. The van der Waals surface area contributed by atoms with Crippen LogP contribution in [0.3, 0.4) is 0 Å². The number of anilines is 1. The predicted octanol–water partition coefficient (Wildman–Crippen LogP) is 2.88. The molecule has 3 aromatic rings. The molecule has 0 saturated heterocycles. The summed E-state index contributed by atoms with van der Waals surface area (Å²) in [7, 11) is 0. The quantitative estimate of drug-likeness (QED) is 0.734. The highest BCUT2D eigenvalue weighted by Crippen LogP contribution is 2.33. The SMILES string of the molecule is Nc1cccc(-c2ccc3nc4c(n3c2)CCN(C(=O)C2CC2)C4)c1. The van der Waals surface area contributed by atoms with Crippen molar-refractivity contribution < 1.29 is 4.79 Å². The first-order chi connectivity index (χ1) is 12.2. The molecule has 2 N–H and O–H groups in total. The van der Waals surface area contributed by atoms with Crippen LogP contribution in [0.4, 0.5) is 5.69 Å². The molecule has 1 aliphatic heterocycles. The van der Waals surface area contributed by atoms with Crippen molar-refractivity contribution in [3.63, 3.8) is 0 Å². The molecule has 3 heterocycles. The van der Waals surface area contributed by atoms with Crippen molar-refractivity contribution in [2.75, 3.05) is 12.3 Å². The fourth-order valence-electron chi connectivity index (χ4n) is 3.70. The first-order valence-corrected chi connectivity index (χ1v) is 8.83. The van der Waals surface area contributed by atoms with Crippen LogP contribution < -0.4 is 5.73 Å². The Morgan fingerprint density at radius 2 is 2.04 bits per heavy atom. The standard InChI is InChI=1S/C20H20N4O/c21-16-3-1-2-14(10-16)15-6-7-19-22-17-12-23(20(25)13-4-5-13)9-8-18(17)24(19)11-15/h1-3,6-7,10-11,13H,4-5,8-9,12,21H2. The van der Waals surface area contributed by atoms with Gasteiger partial charge in [-0.25, -0.2) is 4.98 Å². The van der Waals surface area contributed by atoms with Crippen LogP contribution in [0.5, 0.6) is 0 Å². The van der Waals surface area contributed by atoms with Gasteiger partial charge in [-0.05, 0) is 48.2 Å². The van der Waals surface area contributed by atoms with E-state index < -0.39 is 0 Å². The van der Waals surface area contributed by atoms with E-state index in [-0.39, 0.29) is 5.92 Å². The molecule has 1 saturated carbocycles. The van der Waals surface area contributed by atoms with E-state index in [1.54, 1.807) is 0 Å². The van der Waals surface area contributed by atoms with Gasteiger partial charge in [0.2, 0.25) is 5.91 Å². The van der Waals surface area contributed by atoms with Crippen LogP contribution in [-0.4, -0.2) is 26.7 Å². The molecule has 1 amide bonds. The van der Waals surface area contributed by atoms with Crippen LogP contribution in [0.1, 0.15) is 24.2 Å². The number of nitrogen functional groups attached to an aromatic ring is 1. The van der Waals surface area contributed by atoms with E-state index in [9.17, 15) is 4.79 Å². The lowest BCUT2D eigenvalue weighted by Gasteiger charge is -2.26. The van der Waals surface area contributed by atoms with Crippen molar-refractivity contribution in [1.82, 2.24) is 14.3 Å². The summed E-state index contributed by atoms with van der Waals surface area (Å²) in [5.74, 6) is 0.580. The van der Waals surface area contributed by atoms with Gasteiger partial charge in [-0.1, -0.05) is 12.1 Å². The van der Waals surface area contributed by atoms with E-state index in [0.717, 1.165) is 54.0 Å². The van der Waals surface area contributed by atoms with E-state index in [1.807, 2.05) is 29.2 Å². The molecule has 2 aromatic heterocycles. The largest absolute Gasteiger partial charge is 0.399 e. The number of nitrogens with two attached hydrogens (primary N) is 1. The van der Waals surface area contributed by atoms with E-state index in [1.165, 1.54) is 5.69 Å². The zero-order chi connectivity index (χ0) is 17.0. The lowest BCUT2D eigenvalue weighted by molar-refractivity contribution is -0.133. The summed E-state index contributed by atoms with van der Waals surface area (Å²) in [6.45, 7) is 1.43. The number of pyridine rings is 1. The van der Waals surface area contributed by atoms with Gasteiger partial charge in [0.1, 0.15) is 5.65 Å². The minimum Gasteiger partial charge on any atom is -0.399 e. The van der Waals surface area contributed by atoms with Gasteiger partial charge in [0.15, 0.2) is 0 Å². The average molecular weight is 332 g/mol. The number of aromatic nitrogens is 2. The molecule has 126 valence electrons. The van der Waals surface area contributed by atoms with Crippen LogP contribution in [0.2, 0.25) is 0 Å². The second kappa shape index (κ2) is 5.34. The maximum absolute atomic E-state index is 12.3. The summed E-state index contributed by atoms with van der Waals surface area (Å²) in [4.78, 5) is 19.1. The first kappa shape index (κ1) is 14.5. The van der Waals surface area contributed by atoms with Crippen molar-refractivity contribution in [1.29, 1.82) is 0 Å². The number of carbonyl (C=O) groups is 1. The van der Waals surface area contributed by atoms with E-state index >= 15 is 0 Å². The minimum atomic E-state index is 0.272. The summed E-state index contributed by atoms with van der Waals surface area (Å²) in [5, 5.41) is 0. The second-order valence-electron chi connectivity index (χ2n) is 7.06. The van der Waals surface area contributed by atoms with Crippen LogP contribution in [0.15, 0.2) is 42.6 Å². The van der Waals surface area contributed by atoms with Gasteiger partial charge in [-0.3, -0.25) is 4.79 Å². The van der Waals surface area contributed by atoms with E-state index in [2.05, 4.69) is 22.7 Å². The molecular formula is C20H20N4O. The van der Waals surface area contributed by atoms with Gasteiger partial charge in [0, 0.05) is 36.5 Å². The van der Waals surface area contributed by atoms with Crippen LogP contribution in [-0.2, 0) is 17.8 Å². The molecule has 1 aromatic carbocycles. The van der Waals surface area contributed by atoms with Crippen molar-refractivity contribution in [3.8, 4) is 11.1 Å². The van der Waals surface area contributed by atoms with Crippen molar-refractivity contribution in [2.45, 2.75) is 25.8 Å². The number of nitrogens with zero attached hydrogens (tertiary/aromatic N) is 3. The third kappa shape index (κ3) is 2.47. The number of imidazole rings is 1. The maximum atomic E-state index is 12.3. The number of hydrogen-bond acceptors (Lipinski definition) is 3. The Hall–Kier alpha value is -2.82. The summed E-state index contributed by atoms with van der Waals surface area (Å²) in [6.07, 6.45) is 5.09. The molecule has 25 heavy (non-hydrogen) atoms. The fourth-order valence-corrected chi connectivity index (χ4v) is 3.70. The fraction of sp³-hybridized carbons (Fsp3) is 0.300. The number of fused-ring (bicyclic) bond motifs is 3. The monoisotopic (exact) mass is 332 g/mol. The summed E-state index contributed by atoms with van der Waals surface area (Å²) in [6, 6.07) is 12.0. The number of hydrogen-bond donors (Lipinski definition) is 1. The Morgan fingerprint density at radius 1 is 1.16 bits per heavy atom. The Morgan fingerprint density at radius 3 is 2.84 bits per heavy atom. The second-order valence-corrected chi connectivity index (χ2v) is 7.06. The number of carbonyl (C=O) groups excluding carboxylic acids is 1. The Balaban J connectivity index is 1.52. The predicted molar refractivity (Wildman–Crippen MR) is 96.9 cm³/mol. The average Bonchev–Trinajstić information content (AvgIpc) is 3.41. The van der Waals surface area contributed by atoms with Gasteiger partial charge < -0.3 is 15.0 Å². The van der Waals surface area contributed by atoms with Crippen molar-refractivity contribution >= 4 is 17.2 Å². The Kier molecular flexibility index (Phi) is 3.10. The molecule has 0 spiro atoms. The highest BCUT2D eigenvalue weighted by atomic mass is 16.2. The zero-order valence-electron chi connectivity index (χ0n) is 14.0. The molecule has 0 atom stereocenters. The van der Waals surface area contributed by atoms with Crippen molar-refractivity contribution in [3.05, 3.63) is 54.0 Å². The Labute approximate surface area is 146 Å². The van der Waals surface area contributed by atoms with Crippen LogP contribution in [0, 0.1) is 5.92 Å². The lowest BCUT2D eigenvalue weighted by atomic mass is 10.1. The van der Waals surface area contributed by atoms with Gasteiger partial charge in [0.25, 0.3) is 0 Å². The third-order valence-electron chi connectivity index (χ3n) is 5.22. The molecular weight excluding hydrogens is 312 g/mol. The van der Waals surface area contributed by atoms with Gasteiger partial charge in [0.05, 0.1) is 12.2 Å². The number of benzene rings is 1. The lowest BCUT2D eigenvalue weighted by Crippen LogP contribution is -2.37. The zero-order valence-corrected chi connectivity index (χ0v) is 14.0. The van der Waals surface area contributed by atoms with Crippen molar-refractivity contribution in [2.24, 2.45) is 5.92 Å². The Bertz CT molecular complexity index is 987. The molecule has 5 nitrogen and oxygen atoms in total. The third-order valence-corrected chi connectivity index (χ3v) is 5.22. The summed E-state index contributed by atoms with van der Waals surface area (Å²) in [5.41, 5.74) is 12.1. The number of amides is 1. The first-order valence-electron chi connectivity index (χ1n) is 8.83. The summed E-state index contributed by atoms with van der Waals surface area (Å²) < 4.78 is 2.17. The summed E-state index contributed by atoms with van der Waals surface area (Å²) >= 11 is 0.